The Labute approximate surface area is 123 Å². The minimum Gasteiger partial charge on any atom is -0.493 e. The molecule has 0 fully saturated rings. The number of benzene rings is 1. The number of carbonyl (C=O) groups excluding carboxylic acids is 1. The van der Waals surface area contributed by atoms with Crippen molar-refractivity contribution in [1.82, 2.24) is 4.90 Å². The molecule has 2 rings (SSSR count). The first-order valence-electron chi connectivity index (χ1n) is 6.65. The smallest absolute Gasteiger partial charge is 0.323 e. The highest BCUT2D eigenvalue weighted by atomic mass is 16.5. The Balaban J connectivity index is 2.06. The van der Waals surface area contributed by atoms with Crippen molar-refractivity contribution in [3.05, 3.63) is 48.1 Å². The van der Waals surface area contributed by atoms with Crippen LogP contribution < -0.4 is 4.74 Å². The number of rotatable bonds is 6. The van der Waals surface area contributed by atoms with E-state index < -0.39 is 5.97 Å². The highest BCUT2D eigenvalue weighted by molar-refractivity contribution is 5.93. The first-order valence-corrected chi connectivity index (χ1v) is 6.65. The summed E-state index contributed by atoms with van der Waals surface area (Å²) in [5.74, 6) is -0.514. The zero-order valence-corrected chi connectivity index (χ0v) is 11.6. The molecule has 1 heterocycles. The van der Waals surface area contributed by atoms with Gasteiger partial charge < -0.3 is 14.7 Å². The summed E-state index contributed by atoms with van der Waals surface area (Å²) in [5.41, 5.74) is 2.01. The molecule has 0 unspecified atom stereocenters. The molecule has 0 saturated carbocycles. The van der Waals surface area contributed by atoms with E-state index in [-0.39, 0.29) is 19.0 Å². The van der Waals surface area contributed by atoms with E-state index in [0.717, 1.165) is 23.3 Å². The monoisotopic (exact) mass is 287 g/mol. The van der Waals surface area contributed by atoms with Crippen LogP contribution in [0.25, 0.3) is 6.08 Å². The van der Waals surface area contributed by atoms with Gasteiger partial charge in [0, 0.05) is 19.0 Å². The lowest BCUT2D eigenvalue weighted by Crippen LogP contribution is -2.34. The molecule has 1 N–H and O–H groups in total. The van der Waals surface area contributed by atoms with Gasteiger partial charge in [-0.05, 0) is 29.3 Å². The standard InChI is InChI=1S/C16H17NO4/c1-2-8-17(11-16(19)20)15(18)6-4-12-3-5-14-13(10-12)7-9-21-14/h2-6,10H,1,7-9,11H2,(H,19,20). The molecule has 0 aromatic heterocycles. The number of nitrogens with zero attached hydrogens (tertiary/aromatic N) is 1. The lowest BCUT2D eigenvalue weighted by atomic mass is 10.1. The second kappa shape index (κ2) is 6.74. The Kier molecular flexibility index (Phi) is 4.77. The van der Waals surface area contributed by atoms with Gasteiger partial charge in [0.1, 0.15) is 12.3 Å². The van der Waals surface area contributed by atoms with Gasteiger partial charge in [0.2, 0.25) is 5.91 Å². The predicted octanol–water partition coefficient (Wildman–Crippen LogP) is 1.73. The molecule has 0 bridgehead atoms. The van der Waals surface area contributed by atoms with E-state index in [2.05, 4.69) is 6.58 Å². The van der Waals surface area contributed by atoms with Crippen molar-refractivity contribution >= 4 is 18.0 Å². The van der Waals surface area contributed by atoms with Crippen LogP contribution in [0.5, 0.6) is 5.75 Å². The highest BCUT2D eigenvalue weighted by Crippen LogP contribution is 2.26. The number of aliphatic carboxylic acids is 1. The third-order valence-corrected chi connectivity index (χ3v) is 3.12. The van der Waals surface area contributed by atoms with Gasteiger partial charge in [-0.1, -0.05) is 12.1 Å². The van der Waals surface area contributed by atoms with E-state index in [9.17, 15) is 9.59 Å². The molecule has 5 nitrogen and oxygen atoms in total. The van der Waals surface area contributed by atoms with Crippen molar-refractivity contribution in [2.45, 2.75) is 6.42 Å². The van der Waals surface area contributed by atoms with Crippen molar-refractivity contribution in [3.63, 3.8) is 0 Å². The molecule has 0 atom stereocenters. The quantitative estimate of drug-likeness (QED) is 0.639. The van der Waals surface area contributed by atoms with Gasteiger partial charge >= 0.3 is 5.97 Å². The van der Waals surface area contributed by atoms with Crippen molar-refractivity contribution in [2.75, 3.05) is 19.7 Å². The Morgan fingerprint density at radius 1 is 1.43 bits per heavy atom. The Hall–Kier alpha value is -2.56. The normalized spacial score (nSPS) is 12.8. The molecular weight excluding hydrogens is 270 g/mol. The molecular formula is C16H17NO4. The maximum absolute atomic E-state index is 12.0. The summed E-state index contributed by atoms with van der Waals surface area (Å²) in [5, 5.41) is 8.78. The van der Waals surface area contributed by atoms with E-state index in [1.165, 1.54) is 17.1 Å². The van der Waals surface area contributed by atoms with Gasteiger partial charge in [0.05, 0.1) is 6.61 Å². The molecule has 0 radical (unpaired) electrons. The summed E-state index contributed by atoms with van der Waals surface area (Å²) >= 11 is 0. The van der Waals surface area contributed by atoms with Crippen molar-refractivity contribution < 1.29 is 19.4 Å². The maximum atomic E-state index is 12.0. The Bertz CT molecular complexity index is 592. The van der Waals surface area contributed by atoms with Gasteiger partial charge in [0.25, 0.3) is 0 Å². The van der Waals surface area contributed by atoms with E-state index in [1.54, 1.807) is 6.08 Å². The second-order valence-electron chi connectivity index (χ2n) is 4.70. The van der Waals surface area contributed by atoms with E-state index in [0.29, 0.717) is 6.61 Å². The molecule has 110 valence electrons. The fraction of sp³-hybridized carbons (Fsp3) is 0.250. The van der Waals surface area contributed by atoms with Gasteiger partial charge in [-0.25, -0.2) is 0 Å². The first kappa shape index (κ1) is 14.8. The molecule has 1 amide bonds. The zero-order valence-electron chi connectivity index (χ0n) is 11.6. The van der Waals surface area contributed by atoms with Gasteiger partial charge in [-0.3, -0.25) is 9.59 Å². The van der Waals surface area contributed by atoms with Gasteiger partial charge in [-0.15, -0.1) is 6.58 Å². The number of amides is 1. The van der Waals surface area contributed by atoms with Crippen LogP contribution in [0.4, 0.5) is 0 Å². The Morgan fingerprint density at radius 3 is 2.95 bits per heavy atom. The minimum absolute atomic E-state index is 0.202. The summed E-state index contributed by atoms with van der Waals surface area (Å²) in [7, 11) is 0. The number of carboxylic acids is 1. The zero-order chi connectivity index (χ0) is 15.2. The molecule has 1 aromatic rings. The molecule has 21 heavy (non-hydrogen) atoms. The number of hydrogen-bond donors (Lipinski definition) is 1. The minimum atomic E-state index is -1.05. The van der Waals surface area contributed by atoms with Crippen LogP contribution in [-0.2, 0) is 16.0 Å². The van der Waals surface area contributed by atoms with E-state index in [1.807, 2.05) is 18.2 Å². The summed E-state index contributed by atoms with van der Waals surface area (Å²) < 4.78 is 5.42. The number of fused-ring (bicyclic) bond motifs is 1. The highest BCUT2D eigenvalue weighted by Gasteiger charge is 2.13. The lowest BCUT2D eigenvalue weighted by molar-refractivity contribution is -0.142. The van der Waals surface area contributed by atoms with Crippen LogP contribution in [0.2, 0.25) is 0 Å². The third kappa shape index (κ3) is 3.95. The SMILES string of the molecule is C=CCN(CC(=O)O)C(=O)C=Cc1ccc2c(c1)CCO2. The molecule has 5 heteroatoms. The van der Waals surface area contributed by atoms with Crippen LogP contribution in [0.1, 0.15) is 11.1 Å². The number of carbonyl (C=O) groups is 2. The topological polar surface area (TPSA) is 66.8 Å². The van der Waals surface area contributed by atoms with Crippen LogP contribution in [0.15, 0.2) is 36.9 Å². The van der Waals surface area contributed by atoms with Crippen LogP contribution >= 0.6 is 0 Å². The molecule has 1 aliphatic heterocycles. The van der Waals surface area contributed by atoms with E-state index >= 15 is 0 Å². The largest absolute Gasteiger partial charge is 0.493 e. The summed E-state index contributed by atoms with van der Waals surface area (Å²) in [6.45, 7) is 4.07. The number of ether oxygens (including phenoxy) is 1. The van der Waals surface area contributed by atoms with Crippen molar-refractivity contribution in [2.24, 2.45) is 0 Å². The average Bonchev–Trinajstić information content (AvgIpc) is 2.91. The Morgan fingerprint density at radius 2 is 2.24 bits per heavy atom. The van der Waals surface area contributed by atoms with Crippen LogP contribution in [0, 0.1) is 0 Å². The van der Waals surface area contributed by atoms with Crippen LogP contribution in [-0.4, -0.2) is 41.6 Å². The summed E-state index contributed by atoms with van der Waals surface area (Å²) in [6, 6.07) is 5.72. The van der Waals surface area contributed by atoms with Crippen LogP contribution in [0.3, 0.4) is 0 Å². The fourth-order valence-corrected chi connectivity index (χ4v) is 2.13. The van der Waals surface area contributed by atoms with E-state index in [4.69, 9.17) is 9.84 Å². The molecule has 0 aliphatic carbocycles. The summed E-state index contributed by atoms with van der Waals surface area (Å²) in [6.07, 6.45) is 5.43. The van der Waals surface area contributed by atoms with Crippen molar-refractivity contribution in [1.29, 1.82) is 0 Å². The molecule has 1 aromatic carbocycles. The lowest BCUT2D eigenvalue weighted by Gasteiger charge is -2.16. The van der Waals surface area contributed by atoms with Gasteiger partial charge in [-0.2, -0.15) is 0 Å². The summed E-state index contributed by atoms with van der Waals surface area (Å²) in [4.78, 5) is 23.9. The molecule has 0 saturated heterocycles. The second-order valence-corrected chi connectivity index (χ2v) is 4.70. The third-order valence-electron chi connectivity index (χ3n) is 3.12. The molecule has 0 spiro atoms. The molecule has 1 aliphatic rings. The predicted molar refractivity (Wildman–Crippen MR) is 79.1 cm³/mol. The van der Waals surface area contributed by atoms with Gasteiger partial charge in [0.15, 0.2) is 0 Å². The fourth-order valence-electron chi connectivity index (χ4n) is 2.13. The number of carboxylic acid groups (broad SMARTS) is 1. The first-order chi connectivity index (χ1) is 10.1. The average molecular weight is 287 g/mol. The van der Waals surface area contributed by atoms with Crippen molar-refractivity contribution in [3.8, 4) is 5.75 Å². The number of hydrogen-bond acceptors (Lipinski definition) is 3. The maximum Gasteiger partial charge on any atom is 0.323 e.